The van der Waals surface area contributed by atoms with Crippen molar-refractivity contribution >= 4 is 5.91 Å². The van der Waals surface area contributed by atoms with Gasteiger partial charge in [0.15, 0.2) is 0 Å². The first-order valence-electron chi connectivity index (χ1n) is 11.2. The smallest absolute Gasteiger partial charge is 0.220 e. The summed E-state index contributed by atoms with van der Waals surface area (Å²) in [6.45, 7) is 4.07. The number of hydrogen-bond acceptors (Lipinski definition) is 3. The highest BCUT2D eigenvalue weighted by molar-refractivity contribution is 5.76. The monoisotopic (exact) mass is 393 g/mol. The Morgan fingerprint density at radius 1 is 0.821 bits per heavy atom. The van der Waals surface area contributed by atoms with Gasteiger partial charge < -0.3 is 15.5 Å². The van der Waals surface area contributed by atoms with Crippen LogP contribution in [-0.2, 0) is 4.79 Å². The van der Waals surface area contributed by atoms with Crippen LogP contribution in [0.1, 0.15) is 90.9 Å². The minimum atomic E-state index is -0.859. The molecule has 4 heteroatoms. The molecule has 0 radical (unpaired) electrons. The van der Waals surface area contributed by atoms with Crippen LogP contribution in [0.3, 0.4) is 0 Å². The van der Waals surface area contributed by atoms with E-state index in [9.17, 15) is 15.0 Å². The summed E-state index contributed by atoms with van der Waals surface area (Å²) in [6, 6.07) is -0.634. The second-order valence-corrected chi connectivity index (χ2v) is 7.33. The van der Waals surface area contributed by atoms with Gasteiger partial charge in [0.25, 0.3) is 0 Å². The van der Waals surface area contributed by atoms with Gasteiger partial charge in [0.1, 0.15) is 0 Å². The number of nitrogens with one attached hydrogen (secondary N) is 1. The molecule has 0 saturated heterocycles. The van der Waals surface area contributed by atoms with Gasteiger partial charge >= 0.3 is 0 Å². The van der Waals surface area contributed by atoms with Crippen molar-refractivity contribution in [3.05, 3.63) is 36.5 Å². The third kappa shape index (κ3) is 16.8. The maximum atomic E-state index is 11.9. The van der Waals surface area contributed by atoms with E-state index in [-0.39, 0.29) is 12.5 Å². The van der Waals surface area contributed by atoms with E-state index in [0.717, 1.165) is 51.4 Å². The topological polar surface area (TPSA) is 69.6 Å². The fourth-order valence-corrected chi connectivity index (χ4v) is 2.78. The average Bonchev–Trinajstić information content (AvgIpc) is 2.70. The highest BCUT2D eigenvalue weighted by Crippen LogP contribution is 2.05. The molecule has 0 heterocycles. The van der Waals surface area contributed by atoms with Crippen LogP contribution in [0.2, 0.25) is 0 Å². The van der Waals surface area contributed by atoms with Crippen LogP contribution in [0.4, 0.5) is 0 Å². The molecule has 0 bridgehead atoms. The molecule has 1 amide bonds. The first-order chi connectivity index (χ1) is 13.7. The summed E-state index contributed by atoms with van der Waals surface area (Å²) in [7, 11) is 0. The molecule has 0 fully saturated rings. The zero-order chi connectivity index (χ0) is 20.9. The molecule has 4 nitrogen and oxygen atoms in total. The maximum absolute atomic E-state index is 11.9. The molecule has 0 aliphatic heterocycles. The minimum Gasteiger partial charge on any atom is -0.394 e. The SMILES string of the molecule is CCCC/C=C/CC/C=C/CC/C=C/C(O)C(CO)NC(=O)CCCCCC. The summed E-state index contributed by atoms with van der Waals surface area (Å²) < 4.78 is 0. The third-order valence-electron chi connectivity index (χ3n) is 4.60. The largest absolute Gasteiger partial charge is 0.394 e. The van der Waals surface area contributed by atoms with Crippen molar-refractivity contribution in [2.45, 2.75) is 103 Å². The van der Waals surface area contributed by atoms with Crippen LogP contribution in [-0.4, -0.2) is 34.9 Å². The number of amides is 1. The highest BCUT2D eigenvalue weighted by Gasteiger charge is 2.17. The summed E-state index contributed by atoms with van der Waals surface area (Å²) in [5.41, 5.74) is 0. The quantitative estimate of drug-likeness (QED) is 0.221. The minimum absolute atomic E-state index is 0.103. The van der Waals surface area contributed by atoms with Gasteiger partial charge in [0.05, 0.1) is 18.8 Å². The number of aliphatic hydroxyl groups is 2. The molecule has 0 aliphatic rings. The van der Waals surface area contributed by atoms with Gasteiger partial charge in [0.2, 0.25) is 5.91 Å². The Bertz CT molecular complexity index is 443. The second kappa shape index (κ2) is 20.3. The van der Waals surface area contributed by atoms with Crippen LogP contribution in [0, 0.1) is 0 Å². The Labute approximate surface area is 172 Å². The van der Waals surface area contributed by atoms with Crippen LogP contribution in [0.15, 0.2) is 36.5 Å². The zero-order valence-electron chi connectivity index (χ0n) is 18.1. The Hall–Kier alpha value is -1.39. The lowest BCUT2D eigenvalue weighted by molar-refractivity contribution is -0.123. The molecule has 0 spiro atoms. The van der Waals surface area contributed by atoms with Gasteiger partial charge in [0, 0.05) is 6.42 Å². The molecule has 0 saturated carbocycles. The van der Waals surface area contributed by atoms with Crippen molar-refractivity contribution in [1.29, 1.82) is 0 Å². The molecule has 2 unspecified atom stereocenters. The van der Waals surface area contributed by atoms with Crippen LogP contribution >= 0.6 is 0 Å². The summed E-state index contributed by atoms with van der Waals surface area (Å²) in [5.74, 6) is -0.103. The zero-order valence-corrected chi connectivity index (χ0v) is 18.1. The standard InChI is InChI=1S/C24H43NO3/c1-3-5-7-9-10-11-12-13-14-15-16-17-19-23(27)22(21-26)25-24(28)20-18-8-6-4-2/h9-10,13-14,17,19,22-23,26-27H,3-8,11-12,15-16,18,20-21H2,1-2H3,(H,25,28)/b10-9+,14-13+,19-17+. The summed E-state index contributed by atoms with van der Waals surface area (Å²) in [6.07, 6.45) is 23.8. The lowest BCUT2D eigenvalue weighted by Crippen LogP contribution is -2.45. The van der Waals surface area contributed by atoms with Crippen LogP contribution in [0.25, 0.3) is 0 Å². The lowest BCUT2D eigenvalue weighted by Gasteiger charge is -2.19. The fourth-order valence-electron chi connectivity index (χ4n) is 2.78. The molecule has 0 aromatic carbocycles. The van der Waals surface area contributed by atoms with E-state index < -0.39 is 12.1 Å². The first kappa shape index (κ1) is 26.6. The van der Waals surface area contributed by atoms with Gasteiger partial charge in [-0.1, -0.05) is 82.4 Å². The molecule has 0 aliphatic carbocycles. The fraction of sp³-hybridized carbons (Fsp3) is 0.708. The molecule has 28 heavy (non-hydrogen) atoms. The van der Waals surface area contributed by atoms with Gasteiger partial charge in [-0.3, -0.25) is 4.79 Å². The Balaban J connectivity index is 3.90. The Morgan fingerprint density at radius 2 is 1.39 bits per heavy atom. The van der Waals surface area contributed by atoms with E-state index in [2.05, 4.69) is 43.5 Å². The average molecular weight is 394 g/mol. The summed E-state index contributed by atoms with van der Waals surface area (Å²) in [4.78, 5) is 11.9. The van der Waals surface area contributed by atoms with E-state index in [1.807, 2.05) is 6.08 Å². The number of aliphatic hydroxyl groups excluding tert-OH is 2. The van der Waals surface area contributed by atoms with Gasteiger partial charge in [-0.15, -0.1) is 0 Å². The maximum Gasteiger partial charge on any atom is 0.220 e. The van der Waals surface area contributed by atoms with Crippen LogP contribution < -0.4 is 5.32 Å². The van der Waals surface area contributed by atoms with Crippen molar-refractivity contribution in [3.8, 4) is 0 Å². The highest BCUT2D eigenvalue weighted by atomic mass is 16.3. The van der Waals surface area contributed by atoms with Crippen molar-refractivity contribution in [2.24, 2.45) is 0 Å². The van der Waals surface area contributed by atoms with Crippen molar-refractivity contribution in [2.75, 3.05) is 6.61 Å². The number of carbonyl (C=O) groups is 1. The molecule has 162 valence electrons. The van der Waals surface area contributed by atoms with E-state index >= 15 is 0 Å². The Kier molecular flexibility index (Phi) is 19.3. The van der Waals surface area contributed by atoms with Gasteiger partial charge in [-0.05, 0) is 38.5 Å². The van der Waals surface area contributed by atoms with Crippen LogP contribution in [0.5, 0.6) is 0 Å². The van der Waals surface area contributed by atoms with E-state index in [1.165, 1.54) is 19.3 Å². The molecule has 0 aromatic heterocycles. The first-order valence-corrected chi connectivity index (χ1v) is 11.2. The van der Waals surface area contributed by atoms with E-state index in [1.54, 1.807) is 6.08 Å². The third-order valence-corrected chi connectivity index (χ3v) is 4.60. The summed E-state index contributed by atoms with van der Waals surface area (Å²) >= 11 is 0. The molecular weight excluding hydrogens is 350 g/mol. The number of allylic oxidation sites excluding steroid dienone is 5. The van der Waals surface area contributed by atoms with Gasteiger partial charge in [-0.25, -0.2) is 0 Å². The van der Waals surface area contributed by atoms with Gasteiger partial charge in [-0.2, -0.15) is 0 Å². The molecule has 3 N–H and O–H groups in total. The molecule has 2 atom stereocenters. The predicted octanol–water partition coefficient (Wildman–Crippen LogP) is 5.21. The number of hydrogen-bond donors (Lipinski definition) is 3. The normalized spacial score (nSPS) is 14.3. The Morgan fingerprint density at radius 3 is 1.96 bits per heavy atom. The van der Waals surface area contributed by atoms with Crippen molar-refractivity contribution in [1.82, 2.24) is 5.32 Å². The number of carbonyl (C=O) groups excluding carboxylic acids is 1. The number of unbranched alkanes of at least 4 members (excludes halogenated alkanes) is 7. The molecule has 0 aromatic rings. The van der Waals surface area contributed by atoms with E-state index in [0.29, 0.717) is 6.42 Å². The molecule has 0 rings (SSSR count). The van der Waals surface area contributed by atoms with Crippen molar-refractivity contribution in [3.63, 3.8) is 0 Å². The number of rotatable bonds is 18. The predicted molar refractivity (Wildman–Crippen MR) is 119 cm³/mol. The second-order valence-electron chi connectivity index (χ2n) is 7.33. The lowest BCUT2D eigenvalue weighted by atomic mass is 10.1. The van der Waals surface area contributed by atoms with Crippen molar-refractivity contribution < 1.29 is 15.0 Å². The molecular formula is C24H43NO3. The summed E-state index contributed by atoms with van der Waals surface area (Å²) in [5, 5.41) is 22.3. The van der Waals surface area contributed by atoms with E-state index in [4.69, 9.17) is 0 Å².